The van der Waals surface area contributed by atoms with Crippen molar-refractivity contribution in [1.82, 2.24) is 14.2 Å². The molecule has 11 rings (SSSR count). The third-order valence-electron chi connectivity index (χ3n) is 15.3. The number of carbonyl (C=O) groups is 1. The van der Waals surface area contributed by atoms with Crippen molar-refractivity contribution in [2.45, 2.75) is 106 Å². The standard InChI is InChI=1S/C29H41NO4.C15H13N3O4S/c1-25(2,3)26(4,32)20-15-27-10-11-29(20,33-5)24-28(27)12-13-30(16-17-6-7-17)21(27)14-18-8-9-19(31)23(34-24)22(18)28;1-18-13(15(20)17-12-8-4-5-9-16-12)14(19)10-6-2-3-7-11(10)23(18,21)22/h8-9,17,20-21,24,31-32H,6-7,10-16H2,1-5H3;2-9,19H,1H3,(H,16,17,20)/t20-,21-,24-,26+,27-,28+,29-;/m1./s1. The van der Waals surface area contributed by atoms with Gasteiger partial charge in [-0.25, -0.2) is 13.4 Å². The van der Waals surface area contributed by atoms with E-state index in [1.54, 1.807) is 30.3 Å². The zero-order chi connectivity index (χ0) is 40.5. The van der Waals surface area contributed by atoms with E-state index in [0.717, 1.165) is 48.9 Å². The summed E-state index contributed by atoms with van der Waals surface area (Å²) in [6.45, 7) is 10.8. The number of aromatic nitrogens is 1. The van der Waals surface area contributed by atoms with Gasteiger partial charge in [0.2, 0.25) is 0 Å². The van der Waals surface area contributed by atoms with Gasteiger partial charge in [-0.15, -0.1) is 0 Å². The number of phenolic OH excluding ortho intramolecular Hbond substituents is 1. The minimum atomic E-state index is -3.91. The van der Waals surface area contributed by atoms with Crippen LogP contribution in [-0.2, 0) is 31.4 Å². The molecule has 8 aliphatic rings. The highest BCUT2D eigenvalue weighted by Crippen LogP contribution is 2.78. The van der Waals surface area contributed by atoms with E-state index >= 15 is 0 Å². The summed E-state index contributed by atoms with van der Waals surface area (Å²) < 4.78 is 39.2. The molecule has 1 aromatic heterocycles. The molecule has 4 bridgehead atoms. The summed E-state index contributed by atoms with van der Waals surface area (Å²) in [5.74, 6) is 0.895. The number of likely N-dealkylation sites (N-methyl/N-ethyl adjacent to an activating group) is 1. The van der Waals surface area contributed by atoms with Gasteiger partial charge in [0.15, 0.2) is 23.0 Å². The van der Waals surface area contributed by atoms with E-state index in [-0.39, 0.29) is 56.0 Å². The van der Waals surface area contributed by atoms with E-state index in [0.29, 0.717) is 11.8 Å². The van der Waals surface area contributed by atoms with Crippen LogP contribution in [0.1, 0.15) is 82.9 Å². The lowest BCUT2D eigenvalue weighted by atomic mass is 9.33. The summed E-state index contributed by atoms with van der Waals surface area (Å²) in [6, 6.07) is 15.3. The van der Waals surface area contributed by atoms with Crippen LogP contribution in [0.3, 0.4) is 0 Å². The van der Waals surface area contributed by atoms with Crippen LogP contribution in [-0.4, -0.2) is 94.4 Å². The molecule has 0 unspecified atom stereocenters. The third-order valence-corrected chi connectivity index (χ3v) is 17.1. The molecule has 2 spiro atoms. The van der Waals surface area contributed by atoms with Gasteiger partial charge in [0.25, 0.3) is 15.9 Å². The number of amides is 1. The van der Waals surface area contributed by atoms with Crippen molar-refractivity contribution in [3.05, 3.63) is 83.2 Å². The number of aliphatic hydroxyl groups excluding tert-OH is 1. The molecule has 5 fully saturated rings. The maximum Gasteiger partial charge on any atom is 0.277 e. The Morgan fingerprint density at radius 3 is 2.46 bits per heavy atom. The van der Waals surface area contributed by atoms with Crippen molar-refractivity contribution in [3.63, 3.8) is 0 Å². The summed E-state index contributed by atoms with van der Waals surface area (Å²) in [5.41, 5.74) is 0.525. The van der Waals surface area contributed by atoms with Gasteiger partial charge >= 0.3 is 0 Å². The zero-order valence-electron chi connectivity index (χ0n) is 33.6. The second kappa shape index (κ2) is 12.7. The van der Waals surface area contributed by atoms with E-state index in [2.05, 4.69) is 42.0 Å². The van der Waals surface area contributed by atoms with Crippen molar-refractivity contribution in [2.24, 2.45) is 22.7 Å². The molecule has 0 radical (unpaired) electrons. The molecular formula is C44H54N4O8S. The first-order valence-corrected chi connectivity index (χ1v) is 21.7. The second-order valence-electron chi connectivity index (χ2n) is 18.6. The molecule has 13 heteroatoms. The minimum Gasteiger partial charge on any atom is -0.505 e. The fraction of sp³-hybridized carbons (Fsp3) is 0.545. The number of hydrogen-bond acceptors (Lipinski definition) is 10. The normalized spacial score (nSPS) is 32.6. The molecule has 57 heavy (non-hydrogen) atoms. The summed E-state index contributed by atoms with van der Waals surface area (Å²) in [7, 11) is -0.859. The molecule has 304 valence electrons. The number of piperidine rings is 1. The smallest absolute Gasteiger partial charge is 0.277 e. The number of phenols is 1. The molecule has 5 aliphatic carbocycles. The average molecular weight is 799 g/mol. The molecule has 4 heterocycles. The van der Waals surface area contributed by atoms with E-state index in [4.69, 9.17) is 9.47 Å². The lowest BCUT2D eigenvalue weighted by Crippen LogP contribution is -2.83. The van der Waals surface area contributed by atoms with Crippen molar-refractivity contribution >= 4 is 27.5 Å². The number of carbonyl (C=O) groups excluding carboxylic acids is 1. The van der Waals surface area contributed by atoms with Gasteiger partial charge in [0.1, 0.15) is 17.5 Å². The van der Waals surface area contributed by atoms with E-state index in [9.17, 15) is 28.5 Å². The van der Waals surface area contributed by atoms with E-state index < -0.39 is 32.9 Å². The summed E-state index contributed by atoms with van der Waals surface area (Å²) in [6.07, 6.45) is 9.12. The molecule has 4 N–H and O–H groups in total. The monoisotopic (exact) mass is 798 g/mol. The van der Waals surface area contributed by atoms with Crippen LogP contribution in [0, 0.1) is 22.7 Å². The van der Waals surface area contributed by atoms with Crippen LogP contribution in [0.2, 0.25) is 0 Å². The number of anilines is 1. The number of benzene rings is 2. The first kappa shape index (κ1) is 38.4. The minimum absolute atomic E-state index is 0.0294. The van der Waals surface area contributed by atoms with Crippen molar-refractivity contribution in [1.29, 1.82) is 0 Å². The molecule has 2 aromatic carbocycles. The quantitative estimate of drug-likeness (QED) is 0.233. The Bertz CT molecular complexity index is 2290. The Morgan fingerprint density at radius 1 is 1.04 bits per heavy atom. The summed E-state index contributed by atoms with van der Waals surface area (Å²) in [5, 5.41) is 36.0. The van der Waals surface area contributed by atoms with E-state index in [1.807, 2.05) is 20.1 Å². The number of rotatable bonds is 6. The number of aliphatic hydroxyl groups is 2. The van der Waals surface area contributed by atoms with Gasteiger partial charge < -0.3 is 30.1 Å². The number of fused-ring (bicyclic) bond motifs is 3. The fourth-order valence-electron chi connectivity index (χ4n) is 11.9. The highest BCUT2D eigenvalue weighted by Gasteiger charge is 2.82. The zero-order valence-corrected chi connectivity index (χ0v) is 34.4. The fourth-order valence-corrected chi connectivity index (χ4v) is 13.3. The van der Waals surface area contributed by atoms with Gasteiger partial charge in [-0.1, -0.05) is 45.0 Å². The number of likely N-dealkylation sites (tertiary alicyclic amines) is 1. The number of hydrogen-bond donors (Lipinski definition) is 4. The Labute approximate surface area is 334 Å². The highest BCUT2D eigenvalue weighted by molar-refractivity contribution is 7.89. The Balaban J connectivity index is 0.000000161. The number of nitrogens with zero attached hydrogens (tertiary/aromatic N) is 3. The number of nitrogens with one attached hydrogen (secondary N) is 1. The van der Waals surface area contributed by atoms with Crippen LogP contribution in [0.15, 0.2) is 71.4 Å². The maximum absolute atomic E-state index is 12.5. The van der Waals surface area contributed by atoms with Gasteiger partial charge in [0, 0.05) is 60.8 Å². The predicted molar refractivity (Wildman–Crippen MR) is 214 cm³/mol. The Kier molecular flexibility index (Phi) is 8.52. The number of methoxy groups -OCH3 is 1. The van der Waals surface area contributed by atoms with Gasteiger partial charge in [0.05, 0.1) is 10.5 Å². The van der Waals surface area contributed by atoms with Crippen LogP contribution in [0.25, 0.3) is 5.76 Å². The van der Waals surface area contributed by atoms with Crippen molar-refractivity contribution in [3.8, 4) is 11.5 Å². The first-order valence-electron chi connectivity index (χ1n) is 20.2. The third kappa shape index (κ3) is 5.17. The highest BCUT2D eigenvalue weighted by atomic mass is 32.2. The molecule has 3 aromatic rings. The average Bonchev–Trinajstić information content (AvgIpc) is 3.93. The van der Waals surface area contributed by atoms with Crippen molar-refractivity contribution in [2.75, 3.05) is 32.6 Å². The number of pyridine rings is 1. The van der Waals surface area contributed by atoms with Crippen LogP contribution >= 0.6 is 0 Å². The molecule has 1 saturated heterocycles. The van der Waals surface area contributed by atoms with Crippen LogP contribution in [0.5, 0.6) is 11.5 Å². The van der Waals surface area contributed by atoms with Gasteiger partial charge in [-0.2, -0.15) is 0 Å². The molecule has 4 saturated carbocycles. The summed E-state index contributed by atoms with van der Waals surface area (Å²) in [4.78, 5) is 19.1. The SMILES string of the molecule is CN1C(C(=O)Nc2ccccn2)=C(O)c2ccccc2S1(=O)=O.CO[C@]12CC[C@@]3(C[C@@H]1[C@](C)(O)C(C)(C)C)[C@H]1Cc4ccc(O)c5c4[C@@]3(CCN1CC1CC1)[C@H]2O5. The van der Waals surface area contributed by atoms with E-state index in [1.165, 1.54) is 55.9 Å². The summed E-state index contributed by atoms with van der Waals surface area (Å²) >= 11 is 0. The van der Waals surface area contributed by atoms with Gasteiger partial charge in [-0.05, 0) is 106 Å². The first-order chi connectivity index (χ1) is 26.9. The number of ether oxygens (including phenoxy) is 2. The van der Waals surface area contributed by atoms with Crippen molar-refractivity contribution < 1.29 is 38.0 Å². The predicted octanol–water partition coefficient (Wildman–Crippen LogP) is 5.99. The molecule has 12 nitrogen and oxygen atoms in total. The molecule has 3 aliphatic heterocycles. The second-order valence-corrected chi connectivity index (χ2v) is 20.6. The Hall–Kier alpha value is -4.17. The number of aromatic hydroxyl groups is 1. The van der Waals surface area contributed by atoms with Crippen LogP contribution in [0.4, 0.5) is 5.82 Å². The van der Waals surface area contributed by atoms with Gasteiger partial charge in [-0.3, -0.25) is 14.0 Å². The topological polar surface area (TPSA) is 162 Å². The molecular weight excluding hydrogens is 745 g/mol. The Morgan fingerprint density at radius 2 is 1.77 bits per heavy atom. The molecule has 1 amide bonds. The maximum atomic E-state index is 12.5. The van der Waals surface area contributed by atoms with Crippen LogP contribution < -0.4 is 10.1 Å². The lowest BCUT2D eigenvalue weighted by molar-refractivity contribution is -0.312. The number of sulfonamides is 1. The lowest BCUT2D eigenvalue weighted by Gasteiger charge is -2.75. The largest absolute Gasteiger partial charge is 0.505 e. The molecule has 7 atom stereocenters.